The number of hydrogen-bond acceptors (Lipinski definition) is 34. The predicted octanol–water partition coefficient (Wildman–Crippen LogP) is 3.71. The Kier molecular flexibility index (Phi) is 35.1. The molecule has 2 amide bonds. The van der Waals surface area contributed by atoms with Crippen molar-refractivity contribution in [2.45, 2.75) is 312 Å². The Morgan fingerprint density at radius 1 is 0.460 bits per heavy atom. The quantitative estimate of drug-likeness (QED) is 0.0305. The number of ether oxygens (including phenoxy) is 12. The molecule has 15 rings (SSSR count). The van der Waals surface area contributed by atoms with Crippen molar-refractivity contribution in [2.24, 2.45) is 9.98 Å². The second-order valence-corrected chi connectivity index (χ2v) is 35.4. The van der Waals surface area contributed by atoms with Crippen molar-refractivity contribution >= 4 is 52.8 Å². The molecule has 9 aliphatic heterocycles. The van der Waals surface area contributed by atoms with Crippen LogP contribution in [0.2, 0.25) is 0 Å². The molecular weight excluding hydrogens is 1810 g/mol. The van der Waals surface area contributed by atoms with E-state index in [1.807, 2.05) is 79.1 Å². The van der Waals surface area contributed by atoms with E-state index in [2.05, 4.69) is 56.8 Å². The summed E-state index contributed by atoms with van der Waals surface area (Å²) in [4.78, 5) is 107. The zero-order valence-electron chi connectivity index (χ0n) is 78.6. The van der Waals surface area contributed by atoms with Crippen molar-refractivity contribution in [3.8, 4) is 49.4 Å². The summed E-state index contributed by atoms with van der Waals surface area (Å²) in [7, 11) is 0. The number of Topliss-reactive ketones (excluding diaryl/α,β-unsaturated/α-hetero) is 2. The minimum absolute atomic E-state index is 0.0121. The number of imidazole rings is 3. The van der Waals surface area contributed by atoms with Crippen molar-refractivity contribution in [3.63, 3.8) is 0 Å². The average molecular weight is 1930 g/mol. The number of amides is 2. The fraction of sp³-hybridized carbons (Fsp3) is 0.604. The molecule has 6 saturated heterocycles. The van der Waals surface area contributed by atoms with Crippen LogP contribution in [0.1, 0.15) is 179 Å². The first kappa shape index (κ1) is 108. The number of allylic oxidation sites excluding steroid dienone is 1. The van der Waals surface area contributed by atoms with Gasteiger partial charge in [-0.2, -0.15) is 9.97 Å². The highest BCUT2D eigenvalue weighted by molar-refractivity contribution is 6.08. The zero-order valence-corrected chi connectivity index (χ0v) is 78.6. The molecule has 0 spiro atoms. The number of rotatable bonds is 24. The van der Waals surface area contributed by atoms with Gasteiger partial charge in [0.15, 0.2) is 83.1 Å². The molecule has 0 aliphatic carbocycles. The normalized spacial score (nSPS) is 32.3. The van der Waals surface area contributed by atoms with Gasteiger partial charge in [-0.05, 0) is 136 Å². The van der Waals surface area contributed by atoms with Crippen molar-refractivity contribution in [1.82, 2.24) is 67.9 Å². The number of aryl methyl sites for hydroxylation is 3. The summed E-state index contributed by atoms with van der Waals surface area (Å²) < 4.78 is 133. The molecule has 42 nitrogen and oxygen atoms in total. The summed E-state index contributed by atoms with van der Waals surface area (Å²) in [6.07, 6.45) is 12.0. The molecule has 0 unspecified atom stereocenters. The zero-order chi connectivity index (χ0) is 101. The SMILES string of the molecule is C#C[C@@]1(F)[C@H](O)[C@@H](COC(C)C)O[C@H]1N1C=CC(=C)NC1=O.C#C[C@@]1(F)[C@H](O)[C@@H](COC(C)C)O[C@H]1n1ccc(C)nc1=O.C#C[C@@]1(F)[C@H](O)[C@@H](COC(C)C)O[C@H]1n1cnc2c(=O)[nH]c(C)nc21.C#C[C@@]1(F)[C@H](O)[C@@H](COC(C)C)O[C@H]1n1cnc2c1N=CCC2=O.CC(C)OC[C@H]1O[C@@H](n2cnc3c2N=CCC3=O)[C@](C)(O)[C@@H]1O.Cc1ccn([C@@H]2O[C@H](COC(C)C)[C@@H](O)[C@@]2(C)O)c(=O)n1. The van der Waals surface area contributed by atoms with Gasteiger partial charge < -0.3 is 108 Å². The monoisotopic (exact) mass is 1930 g/mol. The number of nitrogens with zero attached hydrogens (tertiary/aromatic N) is 14. The molecule has 746 valence electrons. The second kappa shape index (κ2) is 44.5. The number of aliphatic imine (C=N–C) groups is 2. The van der Waals surface area contributed by atoms with Gasteiger partial charge in [0.05, 0.1) is 95.2 Å². The van der Waals surface area contributed by atoms with E-state index in [0.29, 0.717) is 28.7 Å². The van der Waals surface area contributed by atoms with Gasteiger partial charge in [0, 0.05) is 60.9 Å². The molecule has 0 aromatic carbocycles. The number of urea groups is 1. The van der Waals surface area contributed by atoms with Gasteiger partial charge >= 0.3 is 17.4 Å². The van der Waals surface area contributed by atoms with Crippen molar-refractivity contribution in [2.75, 3.05) is 39.6 Å². The Balaban J connectivity index is 0.000000170. The van der Waals surface area contributed by atoms with E-state index in [1.54, 1.807) is 54.5 Å². The van der Waals surface area contributed by atoms with Gasteiger partial charge in [-0.25, -0.2) is 61.9 Å². The van der Waals surface area contributed by atoms with E-state index in [-0.39, 0.29) is 129 Å². The lowest BCUT2D eigenvalue weighted by molar-refractivity contribution is -0.101. The van der Waals surface area contributed by atoms with E-state index >= 15 is 8.78 Å². The van der Waals surface area contributed by atoms with Crippen LogP contribution in [0, 0.1) is 70.1 Å². The highest BCUT2D eigenvalue weighted by atomic mass is 19.2. The Labute approximate surface area is 785 Å². The van der Waals surface area contributed by atoms with Crippen LogP contribution in [0.4, 0.5) is 34.0 Å². The average Bonchev–Trinajstić information content (AvgIpc) is 1.59. The number of aliphatic hydroxyl groups excluding tert-OH is 6. The number of carbonyl (C=O) groups excluding carboxylic acids is 3. The highest BCUT2D eigenvalue weighted by Gasteiger charge is 2.63. The number of halogens is 4. The second-order valence-electron chi connectivity index (χ2n) is 35.4. The maximum atomic E-state index is 15.3. The fourth-order valence-electron chi connectivity index (χ4n) is 15.3. The summed E-state index contributed by atoms with van der Waals surface area (Å²) >= 11 is 0. The van der Waals surface area contributed by atoms with Gasteiger partial charge in [-0.1, -0.05) is 30.3 Å². The first-order valence-electron chi connectivity index (χ1n) is 43.9. The molecule has 6 fully saturated rings. The molecule has 9 aliphatic rings. The topological polar surface area (TPSA) is 533 Å². The Bertz CT molecular complexity index is 5750. The van der Waals surface area contributed by atoms with Crippen molar-refractivity contribution in [1.29, 1.82) is 0 Å². The number of aliphatic hydroxyl groups is 8. The number of nitrogens with one attached hydrogen (secondary N) is 2. The van der Waals surface area contributed by atoms with Crippen LogP contribution >= 0.6 is 0 Å². The number of ketones is 2. The number of carbonyl (C=O) groups is 3. The van der Waals surface area contributed by atoms with E-state index < -0.39 is 167 Å². The molecule has 0 radical (unpaired) electrons. The summed E-state index contributed by atoms with van der Waals surface area (Å²) in [5.74, 6) is 8.28. The molecule has 10 N–H and O–H groups in total. The van der Waals surface area contributed by atoms with E-state index in [4.69, 9.17) is 82.5 Å². The molecular formula is C91H118F4N16O26. The van der Waals surface area contributed by atoms with Gasteiger partial charge in [0.25, 0.3) is 5.56 Å². The lowest BCUT2D eigenvalue weighted by Gasteiger charge is -2.32. The van der Waals surface area contributed by atoms with Crippen LogP contribution in [0.25, 0.3) is 11.2 Å². The third-order valence-corrected chi connectivity index (χ3v) is 22.7. The number of fused-ring (bicyclic) bond motifs is 3. The Morgan fingerprint density at radius 2 is 0.766 bits per heavy atom. The number of terminal acetylenes is 4. The van der Waals surface area contributed by atoms with Crippen LogP contribution in [-0.2, 0) is 56.8 Å². The van der Waals surface area contributed by atoms with Crippen molar-refractivity contribution in [3.05, 3.63) is 128 Å². The van der Waals surface area contributed by atoms with Crippen LogP contribution < -0.4 is 22.3 Å². The molecule has 6 aromatic rings. The highest BCUT2D eigenvalue weighted by Crippen LogP contribution is 2.48. The molecule has 6 aromatic heterocycles. The number of H-pyrrole nitrogens is 1. The minimum atomic E-state index is -2.54. The number of aromatic amines is 1. The first-order chi connectivity index (χ1) is 64.3. The third kappa shape index (κ3) is 23.3. The lowest BCUT2D eigenvalue weighted by Crippen LogP contribution is -2.54. The van der Waals surface area contributed by atoms with E-state index in [0.717, 1.165) is 9.47 Å². The largest absolute Gasteiger partial charge is 0.387 e. The summed E-state index contributed by atoms with van der Waals surface area (Å²) in [6.45, 7) is 33.6. The van der Waals surface area contributed by atoms with Gasteiger partial charge in [0.2, 0.25) is 22.7 Å². The van der Waals surface area contributed by atoms with Crippen molar-refractivity contribution < 1.29 is 130 Å². The molecule has 15 heterocycles. The number of alkyl halides is 4. The minimum Gasteiger partial charge on any atom is -0.387 e. The molecule has 46 heteroatoms. The van der Waals surface area contributed by atoms with Gasteiger partial charge in [-0.3, -0.25) is 42.1 Å². The van der Waals surface area contributed by atoms with E-state index in [9.17, 15) is 78.4 Å². The molecule has 0 bridgehead atoms. The Morgan fingerprint density at radius 3 is 1.12 bits per heavy atom. The first-order valence-corrected chi connectivity index (χ1v) is 43.9. The smallest absolute Gasteiger partial charge is 0.350 e. The van der Waals surface area contributed by atoms with Crippen LogP contribution in [0.3, 0.4) is 0 Å². The van der Waals surface area contributed by atoms with Gasteiger partial charge in [-0.15, -0.1) is 25.7 Å². The number of hydrogen-bond donors (Lipinski definition) is 10. The Hall–Kier alpha value is -10.9. The van der Waals surface area contributed by atoms with Crippen LogP contribution in [0.5, 0.6) is 0 Å². The van der Waals surface area contributed by atoms with Gasteiger partial charge in [0.1, 0.15) is 90.3 Å². The molecule has 137 heavy (non-hydrogen) atoms. The third-order valence-electron chi connectivity index (χ3n) is 22.7. The summed E-state index contributed by atoms with van der Waals surface area (Å²) in [5, 5.41) is 85.1. The van der Waals surface area contributed by atoms with E-state index in [1.165, 1.54) is 94.3 Å². The fourth-order valence-corrected chi connectivity index (χ4v) is 15.3. The molecule has 0 saturated carbocycles. The maximum absolute atomic E-state index is 15.3. The molecule has 24 atom stereocenters. The standard InChI is InChI=1S/C16H19FN4O4.C16H18FN3O4.2C15H19FN2O4.C15H21N3O5.C14H22N2O5/c1-5-16(17)12(22)10(6-24-8(2)3)25-15(16)21-7-18-11-13(21)19-9(4)20-14(11)23;1-4-16(17)13(22)11(7-23-9(2)3)24-15(16)20-8-19-12-10(21)5-6-18-14(12)20;2*1-5-15(16)12(19)11(8-21-9(2)3)22-13(15)18-7-6-10(4)17-14(18)20;1-8(2)22-6-10-12(20)15(3,21)14(23-10)18-7-17-11-9(19)4-5-16-13(11)18;1-8(2)20-7-10-11(17)14(4,19)12(21-10)16-6-5-9(3)15-13(16)18/h1,7-8,10,12,15,22H,6H2,2-4H3,(H,19,20,23);1,6,8-9,11,13,15,22H,5,7H2,2-3H3;1,6-7,9,11-13,19H,8H2,2-4H3;1,6-7,9,11-13,19H,4,8H2,2-3H3,(H,17,20);5,7-8,10,12,14,20-21H,4,6H2,1-3H3;5-6,8,10-12,17,19H,7H2,1-4H3/t10-,12-,15-,16-;11-,13-,15-,16-;2*11-,12-,13-,15-;10-,12-,14-,15-;10-,11-,12-,14-/m111111/s1. The van der Waals surface area contributed by atoms with Crippen LogP contribution in [-0.4, -0.2) is 323 Å². The predicted molar refractivity (Wildman–Crippen MR) is 479 cm³/mol. The number of aromatic nitrogens is 12. The van der Waals surface area contributed by atoms with Crippen LogP contribution in [0.15, 0.2) is 92.4 Å². The maximum Gasteiger partial charge on any atom is 0.350 e. The summed E-state index contributed by atoms with van der Waals surface area (Å²) in [6, 6.07) is 2.55. The summed E-state index contributed by atoms with van der Waals surface area (Å²) in [5.41, 5.74) is -12.9. The lowest BCUT2D eigenvalue weighted by atomic mass is 9.96.